The van der Waals surface area contributed by atoms with E-state index in [9.17, 15) is 0 Å². The summed E-state index contributed by atoms with van der Waals surface area (Å²) in [4.78, 5) is 0. The molecule has 0 unspecified atom stereocenters. The summed E-state index contributed by atoms with van der Waals surface area (Å²) in [6.07, 6.45) is 10.9. The zero-order valence-electron chi connectivity index (χ0n) is 9.03. The van der Waals surface area contributed by atoms with Crippen LogP contribution in [-0.4, -0.2) is 0 Å². The molecule has 0 nitrogen and oxygen atoms in total. The SMILES string of the molecule is CCC=Cc1ccc(C=CCC)cc1. The van der Waals surface area contributed by atoms with Gasteiger partial charge in [0.2, 0.25) is 0 Å². The standard InChI is InChI=1S/C14H18/c1-3-5-7-13-9-11-14(12-10-13)8-6-4-2/h5-12H,3-4H2,1-2H3. The van der Waals surface area contributed by atoms with Crippen LogP contribution in [0.3, 0.4) is 0 Å². The molecule has 0 aromatic heterocycles. The van der Waals surface area contributed by atoms with Gasteiger partial charge in [0.1, 0.15) is 0 Å². The molecule has 14 heavy (non-hydrogen) atoms. The van der Waals surface area contributed by atoms with Gasteiger partial charge >= 0.3 is 0 Å². The van der Waals surface area contributed by atoms with Gasteiger partial charge in [-0.3, -0.25) is 0 Å². The number of allylic oxidation sites excluding steroid dienone is 2. The molecule has 0 aliphatic rings. The Labute approximate surface area is 87.0 Å². The van der Waals surface area contributed by atoms with Gasteiger partial charge in [-0.1, -0.05) is 62.4 Å². The van der Waals surface area contributed by atoms with Crippen LogP contribution in [0.4, 0.5) is 0 Å². The molecule has 0 aliphatic heterocycles. The quantitative estimate of drug-likeness (QED) is 0.648. The summed E-state index contributed by atoms with van der Waals surface area (Å²) in [5.74, 6) is 0. The molecule has 0 saturated heterocycles. The fraction of sp³-hybridized carbons (Fsp3) is 0.286. The largest absolute Gasteiger partial charge is 0.0842 e. The van der Waals surface area contributed by atoms with E-state index in [1.165, 1.54) is 11.1 Å². The normalized spacial score (nSPS) is 11.6. The number of benzene rings is 1. The van der Waals surface area contributed by atoms with Crippen LogP contribution in [0.15, 0.2) is 36.4 Å². The van der Waals surface area contributed by atoms with Crippen LogP contribution in [0.5, 0.6) is 0 Å². The third-order valence-corrected chi connectivity index (χ3v) is 2.03. The van der Waals surface area contributed by atoms with Crippen molar-refractivity contribution in [2.45, 2.75) is 26.7 Å². The van der Waals surface area contributed by atoms with Crippen molar-refractivity contribution in [2.24, 2.45) is 0 Å². The second-order valence-corrected chi connectivity index (χ2v) is 3.29. The predicted octanol–water partition coefficient (Wildman–Crippen LogP) is 4.53. The maximum atomic E-state index is 2.18. The molecular weight excluding hydrogens is 168 g/mol. The monoisotopic (exact) mass is 186 g/mol. The smallest absolute Gasteiger partial charge is 0.0259 e. The molecule has 74 valence electrons. The maximum absolute atomic E-state index is 2.18. The summed E-state index contributed by atoms with van der Waals surface area (Å²) in [6.45, 7) is 4.30. The van der Waals surface area contributed by atoms with E-state index < -0.39 is 0 Å². The molecule has 0 saturated carbocycles. The lowest BCUT2D eigenvalue weighted by molar-refractivity contribution is 1.23. The Morgan fingerprint density at radius 1 is 0.786 bits per heavy atom. The van der Waals surface area contributed by atoms with E-state index >= 15 is 0 Å². The van der Waals surface area contributed by atoms with Crippen LogP contribution in [0.2, 0.25) is 0 Å². The summed E-state index contributed by atoms with van der Waals surface area (Å²) in [5, 5.41) is 0. The van der Waals surface area contributed by atoms with Gasteiger partial charge in [0.15, 0.2) is 0 Å². The van der Waals surface area contributed by atoms with Crippen molar-refractivity contribution in [1.82, 2.24) is 0 Å². The van der Waals surface area contributed by atoms with E-state index in [2.05, 4.69) is 62.4 Å². The van der Waals surface area contributed by atoms with E-state index in [0.717, 1.165) is 12.8 Å². The van der Waals surface area contributed by atoms with E-state index in [1.807, 2.05) is 0 Å². The number of rotatable bonds is 4. The molecule has 0 spiro atoms. The Morgan fingerprint density at radius 3 is 1.43 bits per heavy atom. The molecule has 0 atom stereocenters. The Balaban J connectivity index is 2.68. The van der Waals surface area contributed by atoms with Crippen LogP contribution in [-0.2, 0) is 0 Å². The van der Waals surface area contributed by atoms with Crippen molar-refractivity contribution in [3.8, 4) is 0 Å². The summed E-state index contributed by atoms with van der Waals surface area (Å²) >= 11 is 0. The first-order valence-electron chi connectivity index (χ1n) is 5.30. The third-order valence-electron chi connectivity index (χ3n) is 2.03. The van der Waals surface area contributed by atoms with Crippen LogP contribution < -0.4 is 0 Å². The minimum Gasteiger partial charge on any atom is -0.0842 e. The zero-order valence-corrected chi connectivity index (χ0v) is 9.03. The fourth-order valence-electron chi connectivity index (χ4n) is 1.23. The lowest BCUT2D eigenvalue weighted by atomic mass is 10.1. The maximum Gasteiger partial charge on any atom is -0.0259 e. The highest BCUT2D eigenvalue weighted by atomic mass is 13.9. The van der Waals surface area contributed by atoms with Crippen LogP contribution in [0.1, 0.15) is 37.8 Å². The van der Waals surface area contributed by atoms with Gasteiger partial charge in [-0.2, -0.15) is 0 Å². The van der Waals surface area contributed by atoms with E-state index in [0.29, 0.717) is 0 Å². The highest BCUT2D eigenvalue weighted by Gasteiger charge is 1.87. The molecule has 0 heterocycles. The van der Waals surface area contributed by atoms with Crippen LogP contribution in [0, 0.1) is 0 Å². The van der Waals surface area contributed by atoms with Crippen molar-refractivity contribution in [1.29, 1.82) is 0 Å². The molecule has 0 aliphatic carbocycles. The van der Waals surface area contributed by atoms with Crippen LogP contribution >= 0.6 is 0 Å². The van der Waals surface area contributed by atoms with Gasteiger partial charge in [0.25, 0.3) is 0 Å². The van der Waals surface area contributed by atoms with Gasteiger partial charge in [-0.15, -0.1) is 0 Å². The molecule has 0 bridgehead atoms. The van der Waals surface area contributed by atoms with Gasteiger partial charge in [0.05, 0.1) is 0 Å². The van der Waals surface area contributed by atoms with E-state index in [4.69, 9.17) is 0 Å². The van der Waals surface area contributed by atoms with Gasteiger partial charge in [0, 0.05) is 0 Å². The molecule has 0 heteroatoms. The fourth-order valence-corrected chi connectivity index (χ4v) is 1.23. The molecule has 0 amide bonds. The first-order valence-corrected chi connectivity index (χ1v) is 5.30. The minimum absolute atomic E-state index is 1.09. The van der Waals surface area contributed by atoms with E-state index in [-0.39, 0.29) is 0 Å². The summed E-state index contributed by atoms with van der Waals surface area (Å²) in [6, 6.07) is 8.62. The van der Waals surface area contributed by atoms with Crippen molar-refractivity contribution in [3.63, 3.8) is 0 Å². The Hall–Kier alpha value is -1.30. The molecule has 0 N–H and O–H groups in total. The number of hydrogen-bond acceptors (Lipinski definition) is 0. The lowest BCUT2D eigenvalue weighted by Gasteiger charge is -1.95. The summed E-state index contributed by atoms with van der Waals surface area (Å²) in [7, 11) is 0. The van der Waals surface area contributed by atoms with Crippen molar-refractivity contribution >= 4 is 12.2 Å². The Morgan fingerprint density at radius 2 is 1.14 bits per heavy atom. The highest BCUT2D eigenvalue weighted by Crippen LogP contribution is 2.08. The number of hydrogen-bond donors (Lipinski definition) is 0. The molecule has 1 rings (SSSR count). The van der Waals surface area contributed by atoms with Gasteiger partial charge in [-0.05, 0) is 24.0 Å². The highest BCUT2D eigenvalue weighted by molar-refractivity contribution is 5.55. The molecular formula is C14H18. The van der Waals surface area contributed by atoms with Crippen LogP contribution in [0.25, 0.3) is 12.2 Å². The van der Waals surface area contributed by atoms with Crippen molar-refractivity contribution < 1.29 is 0 Å². The average Bonchev–Trinajstić information content (AvgIpc) is 2.25. The zero-order chi connectivity index (χ0) is 10.2. The topological polar surface area (TPSA) is 0 Å². The van der Waals surface area contributed by atoms with E-state index in [1.54, 1.807) is 0 Å². The molecule has 0 radical (unpaired) electrons. The Bertz CT molecular complexity index is 268. The lowest BCUT2D eigenvalue weighted by Crippen LogP contribution is -1.74. The minimum atomic E-state index is 1.09. The predicted molar refractivity (Wildman–Crippen MR) is 65.1 cm³/mol. The molecule has 1 aromatic carbocycles. The third kappa shape index (κ3) is 3.61. The molecule has 0 fully saturated rings. The average molecular weight is 186 g/mol. The second kappa shape index (κ2) is 6.20. The first kappa shape index (κ1) is 10.8. The second-order valence-electron chi connectivity index (χ2n) is 3.29. The first-order chi connectivity index (χ1) is 6.86. The summed E-state index contributed by atoms with van der Waals surface area (Å²) in [5.41, 5.74) is 2.56. The van der Waals surface area contributed by atoms with Gasteiger partial charge < -0.3 is 0 Å². The van der Waals surface area contributed by atoms with Crippen molar-refractivity contribution in [2.75, 3.05) is 0 Å². The summed E-state index contributed by atoms with van der Waals surface area (Å²) < 4.78 is 0. The van der Waals surface area contributed by atoms with Gasteiger partial charge in [-0.25, -0.2) is 0 Å². The Kier molecular flexibility index (Phi) is 4.77. The van der Waals surface area contributed by atoms with Crippen molar-refractivity contribution in [3.05, 3.63) is 47.5 Å². The molecule has 1 aromatic rings.